The maximum Gasteiger partial charge on any atom is 0.337 e. The van der Waals surface area contributed by atoms with E-state index in [-0.39, 0.29) is 5.91 Å². The van der Waals surface area contributed by atoms with Gasteiger partial charge >= 0.3 is 5.97 Å². The fraction of sp³-hybridized carbons (Fsp3) is 0.0526. The monoisotopic (exact) mass is 355 g/mol. The number of carbonyl (C=O) groups excluding carboxylic acids is 2. The molecule has 3 rings (SSSR count). The largest absolute Gasteiger partial charge is 0.465 e. The fourth-order valence-corrected chi connectivity index (χ4v) is 2.50. The molecule has 0 unspecified atom stereocenters. The van der Waals surface area contributed by atoms with Crippen LogP contribution in [0.2, 0.25) is 5.02 Å². The third-order valence-electron chi connectivity index (χ3n) is 3.53. The molecule has 0 radical (unpaired) electrons. The number of anilines is 1. The van der Waals surface area contributed by atoms with Crippen molar-refractivity contribution in [1.29, 1.82) is 0 Å². The SMILES string of the molecule is COC(=O)c1cccc(NC(=O)C2=Cc3cc(Cl)ccc3OC=C2)c1. The topological polar surface area (TPSA) is 64.6 Å². The zero-order valence-corrected chi connectivity index (χ0v) is 14.0. The van der Waals surface area contributed by atoms with Gasteiger partial charge in [0.2, 0.25) is 0 Å². The molecule has 1 heterocycles. The lowest BCUT2D eigenvalue weighted by Gasteiger charge is -2.07. The Morgan fingerprint density at radius 1 is 1.16 bits per heavy atom. The Morgan fingerprint density at radius 2 is 2.00 bits per heavy atom. The van der Waals surface area contributed by atoms with Gasteiger partial charge in [0.25, 0.3) is 5.91 Å². The van der Waals surface area contributed by atoms with Crippen LogP contribution in [-0.2, 0) is 9.53 Å². The van der Waals surface area contributed by atoms with Crippen LogP contribution in [0.3, 0.4) is 0 Å². The van der Waals surface area contributed by atoms with E-state index in [2.05, 4.69) is 10.1 Å². The van der Waals surface area contributed by atoms with Crippen molar-refractivity contribution in [3.63, 3.8) is 0 Å². The molecule has 1 amide bonds. The highest BCUT2D eigenvalue weighted by Crippen LogP contribution is 2.28. The summed E-state index contributed by atoms with van der Waals surface area (Å²) in [7, 11) is 1.30. The first kappa shape index (κ1) is 16.8. The molecule has 0 spiro atoms. The number of methoxy groups -OCH3 is 1. The molecule has 1 aliphatic rings. The minimum atomic E-state index is -0.471. The van der Waals surface area contributed by atoms with Gasteiger partial charge in [0.05, 0.1) is 18.9 Å². The van der Waals surface area contributed by atoms with E-state index in [9.17, 15) is 9.59 Å². The molecule has 6 heteroatoms. The number of benzene rings is 2. The van der Waals surface area contributed by atoms with Crippen molar-refractivity contribution >= 4 is 35.2 Å². The number of hydrogen-bond donors (Lipinski definition) is 1. The molecular formula is C19H14ClNO4. The molecule has 5 nitrogen and oxygen atoms in total. The van der Waals surface area contributed by atoms with E-state index in [0.717, 1.165) is 0 Å². The summed E-state index contributed by atoms with van der Waals surface area (Å²) in [4.78, 5) is 24.1. The molecule has 0 bridgehead atoms. The molecule has 126 valence electrons. The average molecular weight is 356 g/mol. The van der Waals surface area contributed by atoms with Crippen molar-refractivity contribution in [3.8, 4) is 5.75 Å². The van der Waals surface area contributed by atoms with E-state index in [1.165, 1.54) is 13.4 Å². The molecule has 25 heavy (non-hydrogen) atoms. The third-order valence-corrected chi connectivity index (χ3v) is 3.76. The van der Waals surface area contributed by atoms with Gasteiger partial charge in [0.15, 0.2) is 0 Å². The van der Waals surface area contributed by atoms with E-state index in [4.69, 9.17) is 16.3 Å². The van der Waals surface area contributed by atoms with Gasteiger partial charge in [-0.2, -0.15) is 0 Å². The van der Waals surface area contributed by atoms with Crippen LogP contribution in [0.1, 0.15) is 15.9 Å². The zero-order valence-electron chi connectivity index (χ0n) is 13.3. The zero-order chi connectivity index (χ0) is 17.8. The minimum Gasteiger partial charge on any atom is -0.465 e. The lowest BCUT2D eigenvalue weighted by Crippen LogP contribution is -2.13. The van der Waals surface area contributed by atoms with Crippen LogP contribution >= 0.6 is 11.6 Å². The number of carbonyl (C=O) groups is 2. The van der Waals surface area contributed by atoms with Crippen molar-refractivity contribution in [2.75, 3.05) is 12.4 Å². The summed E-state index contributed by atoms with van der Waals surface area (Å²) in [5, 5.41) is 3.30. The van der Waals surface area contributed by atoms with E-state index in [0.29, 0.717) is 33.2 Å². The molecule has 0 saturated carbocycles. The number of rotatable bonds is 3. The number of halogens is 1. The molecular weight excluding hydrogens is 342 g/mol. The van der Waals surface area contributed by atoms with Crippen molar-refractivity contribution in [2.24, 2.45) is 0 Å². The second-order valence-corrected chi connectivity index (χ2v) is 5.67. The summed E-state index contributed by atoms with van der Waals surface area (Å²) in [6.45, 7) is 0. The fourth-order valence-electron chi connectivity index (χ4n) is 2.32. The van der Waals surface area contributed by atoms with Gasteiger partial charge in [-0.05, 0) is 48.6 Å². The van der Waals surface area contributed by atoms with Crippen LogP contribution in [0, 0.1) is 0 Å². The summed E-state index contributed by atoms with van der Waals surface area (Å²) in [5.41, 5.74) is 1.93. The number of hydrogen-bond acceptors (Lipinski definition) is 4. The van der Waals surface area contributed by atoms with E-state index < -0.39 is 5.97 Å². The van der Waals surface area contributed by atoms with Crippen molar-refractivity contribution in [2.45, 2.75) is 0 Å². The number of nitrogens with one attached hydrogen (secondary N) is 1. The predicted molar refractivity (Wildman–Crippen MR) is 95.6 cm³/mol. The number of fused-ring (bicyclic) bond motifs is 1. The van der Waals surface area contributed by atoms with Gasteiger partial charge in [-0.1, -0.05) is 17.7 Å². The average Bonchev–Trinajstić information content (AvgIpc) is 2.83. The Morgan fingerprint density at radius 3 is 2.80 bits per heavy atom. The van der Waals surface area contributed by atoms with Gasteiger partial charge in [-0.3, -0.25) is 4.79 Å². The summed E-state index contributed by atoms with van der Waals surface area (Å²) >= 11 is 6.00. The Bertz CT molecular complexity index is 902. The normalized spacial score (nSPS) is 12.3. The van der Waals surface area contributed by atoms with Gasteiger partial charge in [0.1, 0.15) is 5.75 Å². The standard InChI is InChI=1S/C19H14ClNO4/c1-24-19(23)13-3-2-4-16(11-13)21-18(22)12-7-8-25-17-6-5-15(20)10-14(17)9-12/h2-11H,1H3,(H,21,22). The maximum atomic E-state index is 12.5. The van der Waals surface area contributed by atoms with Crippen LogP contribution in [0.15, 0.2) is 60.4 Å². The predicted octanol–water partition coefficient (Wildman–Crippen LogP) is 4.05. The van der Waals surface area contributed by atoms with Crippen molar-refractivity contribution in [1.82, 2.24) is 0 Å². The minimum absolute atomic E-state index is 0.338. The first-order valence-electron chi connectivity index (χ1n) is 7.41. The number of amides is 1. The molecule has 0 atom stereocenters. The van der Waals surface area contributed by atoms with Crippen molar-refractivity contribution < 1.29 is 19.1 Å². The molecule has 1 aliphatic heterocycles. The summed E-state index contributed by atoms with van der Waals surface area (Å²) in [6.07, 6.45) is 4.69. The van der Waals surface area contributed by atoms with Gasteiger partial charge in [-0.15, -0.1) is 0 Å². The molecule has 0 saturated heterocycles. The van der Waals surface area contributed by atoms with Crippen LogP contribution in [0.5, 0.6) is 5.75 Å². The molecule has 2 aromatic carbocycles. The smallest absolute Gasteiger partial charge is 0.337 e. The van der Waals surface area contributed by atoms with Gasteiger partial charge < -0.3 is 14.8 Å². The van der Waals surface area contributed by atoms with E-state index in [1.54, 1.807) is 54.6 Å². The second-order valence-electron chi connectivity index (χ2n) is 5.23. The lowest BCUT2D eigenvalue weighted by molar-refractivity contribution is -0.112. The third kappa shape index (κ3) is 3.89. The highest BCUT2D eigenvalue weighted by Gasteiger charge is 2.13. The lowest BCUT2D eigenvalue weighted by atomic mass is 10.1. The van der Waals surface area contributed by atoms with Crippen LogP contribution in [-0.4, -0.2) is 19.0 Å². The van der Waals surface area contributed by atoms with Crippen LogP contribution < -0.4 is 10.1 Å². The quantitative estimate of drug-likeness (QED) is 0.843. The molecule has 0 aliphatic carbocycles. The summed E-state index contributed by atoms with van der Waals surface area (Å²) in [6, 6.07) is 11.7. The molecule has 2 aromatic rings. The van der Waals surface area contributed by atoms with Crippen LogP contribution in [0.4, 0.5) is 5.69 Å². The van der Waals surface area contributed by atoms with Gasteiger partial charge in [0, 0.05) is 21.8 Å². The Hall–Kier alpha value is -3.05. The summed E-state index contributed by atoms with van der Waals surface area (Å²) in [5.74, 6) is -0.201. The Balaban J connectivity index is 1.85. The molecule has 0 aromatic heterocycles. The maximum absolute atomic E-state index is 12.5. The first-order chi connectivity index (χ1) is 12.1. The number of esters is 1. The van der Waals surface area contributed by atoms with E-state index >= 15 is 0 Å². The van der Waals surface area contributed by atoms with Crippen LogP contribution in [0.25, 0.3) is 6.08 Å². The summed E-state index contributed by atoms with van der Waals surface area (Å²) < 4.78 is 10.1. The first-order valence-corrected chi connectivity index (χ1v) is 7.79. The number of ether oxygens (including phenoxy) is 2. The van der Waals surface area contributed by atoms with Crippen molar-refractivity contribution in [3.05, 3.63) is 76.5 Å². The molecule has 1 N–H and O–H groups in total. The highest BCUT2D eigenvalue weighted by atomic mass is 35.5. The Kier molecular flexibility index (Phi) is 4.86. The Labute approximate surface area is 149 Å². The molecule has 0 fully saturated rings. The second kappa shape index (κ2) is 7.23. The van der Waals surface area contributed by atoms with E-state index in [1.807, 2.05) is 0 Å². The van der Waals surface area contributed by atoms with Gasteiger partial charge in [-0.25, -0.2) is 4.79 Å². The highest BCUT2D eigenvalue weighted by molar-refractivity contribution is 6.30.